The number of rotatable bonds is 5. The van der Waals surface area contributed by atoms with Crippen LogP contribution in [0.15, 0.2) is 12.3 Å². The molecule has 0 spiro atoms. The molecule has 18 heavy (non-hydrogen) atoms. The van der Waals surface area contributed by atoms with Gasteiger partial charge in [0.25, 0.3) is 0 Å². The number of carbonyl (C=O) groups is 1. The van der Waals surface area contributed by atoms with Gasteiger partial charge in [-0.3, -0.25) is 4.79 Å². The predicted octanol–water partition coefficient (Wildman–Crippen LogP) is 1.49. The van der Waals surface area contributed by atoms with E-state index in [1.54, 1.807) is 6.20 Å². The van der Waals surface area contributed by atoms with E-state index in [1.807, 2.05) is 13.0 Å². The summed E-state index contributed by atoms with van der Waals surface area (Å²) in [6, 6.07) is 1.85. The van der Waals surface area contributed by atoms with Gasteiger partial charge < -0.3 is 10.2 Å². The van der Waals surface area contributed by atoms with E-state index in [0.29, 0.717) is 13.0 Å². The Morgan fingerprint density at radius 2 is 2.22 bits per heavy atom. The Kier molecular flexibility index (Phi) is 4.50. The van der Waals surface area contributed by atoms with Crippen LogP contribution in [0.25, 0.3) is 0 Å². The van der Waals surface area contributed by atoms with Crippen molar-refractivity contribution in [3.63, 3.8) is 0 Å². The first-order valence-electron chi connectivity index (χ1n) is 6.63. The zero-order chi connectivity index (χ0) is 12.8. The van der Waals surface area contributed by atoms with Crippen molar-refractivity contribution in [2.24, 2.45) is 0 Å². The van der Waals surface area contributed by atoms with Gasteiger partial charge in [0.05, 0.1) is 12.2 Å². The summed E-state index contributed by atoms with van der Waals surface area (Å²) in [5.74, 6) is 0.869. The highest BCUT2D eigenvalue weighted by Crippen LogP contribution is 2.15. The summed E-state index contributed by atoms with van der Waals surface area (Å²) in [7, 11) is 0. The monoisotopic (exact) mass is 248 g/mol. The molecule has 2 heterocycles. The molecule has 0 unspecified atom stereocenters. The molecule has 1 aliphatic heterocycles. The van der Waals surface area contributed by atoms with Crippen LogP contribution < -0.4 is 10.2 Å². The van der Waals surface area contributed by atoms with Gasteiger partial charge in [-0.25, -0.2) is 9.97 Å². The molecule has 1 N–H and O–H groups in total. The van der Waals surface area contributed by atoms with Crippen LogP contribution in [-0.2, 0) is 11.3 Å². The van der Waals surface area contributed by atoms with Crippen LogP contribution in [0.2, 0.25) is 0 Å². The lowest BCUT2D eigenvalue weighted by molar-refractivity contribution is -0.121. The predicted molar refractivity (Wildman–Crippen MR) is 70.2 cm³/mol. The molecule has 5 nitrogen and oxygen atoms in total. The van der Waals surface area contributed by atoms with Gasteiger partial charge >= 0.3 is 0 Å². The Morgan fingerprint density at radius 3 is 2.94 bits per heavy atom. The third-order valence-corrected chi connectivity index (χ3v) is 3.03. The smallest absolute Gasteiger partial charge is 0.225 e. The van der Waals surface area contributed by atoms with Crippen LogP contribution in [0.3, 0.4) is 0 Å². The lowest BCUT2D eigenvalue weighted by Gasteiger charge is -2.15. The van der Waals surface area contributed by atoms with Crippen molar-refractivity contribution in [3.8, 4) is 0 Å². The van der Waals surface area contributed by atoms with E-state index in [-0.39, 0.29) is 5.91 Å². The molecule has 1 fully saturated rings. The molecule has 0 aromatic carbocycles. The number of nitrogens with zero attached hydrogens (tertiary/aromatic N) is 3. The summed E-state index contributed by atoms with van der Waals surface area (Å²) in [6.07, 6.45) is 5.63. The third kappa shape index (κ3) is 3.42. The standard InChI is InChI=1S/C13H20N4O/c1-2-5-12(18)15-10-11-6-7-14-13(16-11)17-8-3-4-9-17/h6-7H,2-5,8-10H2,1H3,(H,15,18). The van der Waals surface area contributed by atoms with Crippen LogP contribution in [0.4, 0.5) is 5.95 Å². The number of amides is 1. The molecule has 0 atom stereocenters. The molecule has 0 bridgehead atoms. The van der Waals surface area contributed by atoms with Crippen molar-refractivity contribution >= 4 is 11.9 Å². The van der Waals surface area contributed by atoms with E-state index in [1.165, 1.54) is 12.8 Å². The zero-order valence-corrected chi connectivity index (χ0v) is 10.9. The molecular formula is C13H20N4O. The van der Waals surface area contributed by atoms with Crippen LogP contribution in [-0.4, -0.2) is 29.0 Å². The molecule has 98 valence electrons. The first-order valence-corrected chi connectivity index (χ1v) is 6.63. The summed E-state index contributed by atoms with van der Waals surface area (Å²) in [5, 5.41) is 2.87. The molecule has 0 aliphatic carbocycles. The minimum absolute atomic E-state index is 0.0823. The SMILES string of the molecule is CCCC(=O)NCc1ccnc(N2CCCC2)n1. The summed E-state index contributed by atoms with van der Waals surface area (Å²) >= 11 is 0. The quantitative estimate of drug-likeness (QED) is 0.857. The van der Waals surface area contributed by atoms with Crippen LogP contribution in [0.5, 0.6) is 0 Å². The maximum atomic E-state index is 11.4. The molecule has 5 heteroatoms. The van der Waals surface area contributed by atoms with Gasteiger partial charge in [0.1, 0.15) is 0 Å². The van der Waals surface area contributed by atoms with E-state index in [2.05, 4.69) is 20.2 Å². The molecule has 1 saturated heterocycles. The molecule has 0 saturated carbocycles. The van der Waals surface area contributed by atoms with Crippen molar-refractivity contribution < 1.29 is 4.79 Å². The molecule has 1 aromatic heterocycles. The molecule has 0 radical (unpaired) electrons. The first kappa shape index (κ1) is 12.8. The highest BCUT2D eigenvalue weighted by Gasteiger charge is 2.14. The average molecular weight is 248 g/mol. The fourth-order valence-electron chi connectivity index (χ4n) is 2.06. The zero-order valence-electron chi connectivity index (χ0n) is 10.9. The van der Waals surface area contributed by atoms with Crippen molar-refractivity contribution in [2.75, 3.05) is 18.0 Å². The Hall–Kier alpha value is -1.65. The highest BCUT2D eigenvalue weighted by atomic mass is 16.1. The van der Waals surface area contributed by atoms with Crippen molar-refractivity contribution in [1.29, 1.82) is 0 Å². The first-order chi connectivity index (χ1) is 8.79. The van der Waals surface area contributed by atoms with E-state index >= 15 is 0 Å². The molecule has 1 aromatic rings. The lowest BCUT2D eigenvalue weighted by Crippen LogP contribution is -2.24. The maximum absolute atomic E-state index is 11.4. The normalized spacial score (nSPS) is 14.8. The van der Waals surface area contributed by atoms with Gasteiger partial charge in [0.15, 0.2) is 0 Å². The van der Waals surface area contributed by atoms with Gasteiger partial charge in [-0.15, -0.1) is 0 Å². The third-order valence-electron chi connectivity index (χ3n) is 3.03. The average Bonchev–Trinajstić information content (AvgIpc) is 2.91. The van der Waals surface area contributed by atoms with Gasteiger partial charge in [-0.05, 0) is 25.3 Å². The Balaban J connectivity index is 1.92. The van der Waals surface area contributed by atoms with Gasteiger partial charge in [0, 0.05) is 25.7 Å². The van der Waals surface area contributed by atoms with Crippen LogP contribution in [0.1, 0.15) is 38.3 Å². The number of hydrogen-bond acceptors (Lipinski definition) is 4. The largest absolute Gasteiger partial charge is 0.350 e. The minimum atomic E-state index is 0.0823. The Morgan fingerprint density at radius 1 is 1.44 bits per heavy atom. The second-order valence-electron chi connectivity index (χ2n) is 4.57. The highest BCUT2D eigenvalue weighted by molar-refractivity contribution is 5.75. The molecular weight excluding hydrogens is 228 g/mol. The minimum Gasteiger partial charge on any atom is -0.350 e. The maximum Gasteiger partial charge on any atom is 0.225 e. The molecule has 1 aliphatic rings. The van der Waals surface area contributed by atoms with E-state index < -0.39 is 0 Å². The number of hydrogen-bond donors (Lipinski definition) is 1. The Labute approximate surface area is 108 Å². The second kappa shape index (κ2) is 6.33. The van der Waals surface area contributed by atoms with E-state index in [4.69, 9.17) is 0 Å². The Bertz CT molecular complexity index is 402. The van der Waals surface area contributed by atoms with Crippen molar-refractivity contribution in [1.82, 2.24) is 15.3 Å². The van der Waals surface area contributed by atoms with Crippen LogP contribution in [0, 0.1) is 0 Å². The summed E-state index contributed by atoms with van der Waals surface area (Å²) in [6.45, 7) is 4.55. The van der Waals surface area contributed by atoms with Gasteiger partial charge in [-0.2, -0.15) is 0 Å². The summed E-state index contributed by atoms with van der Waals surface area (Å²) in [4.78, 5) is 22.4. The van der Waals surface area contributed by atoms with Crippen LogP contribution >= 0.6 is 0 Å². The number of nitrogens with one attached hydrogen (secondary N) is 1. The fraction of sp³-hybridized carbons (Fsp3) is 0.615. The lowest BCUT2D eigenvalue weighted by atomic mass is 10.3. The van der Waals surface area contributed by atoms with E-state index in [9.17, 15) is 4.79 Å². The number of aromatic nitrogens is 2. The van der Waals surface area contributed by atoms with Crippen molar-refractivity contribution in [2.45, 2.75) is 39.2 Å². The summed E-state index contributed by atoms with van der Waals surface area (Å²) in [5.41, 5.74) is 0.872. The molecule has 1 amide bonds. The second-order valence-corrected chi connectivity index (χ2v) is 4.57. The van der Waals surface area contributed by atoms with Gasteiger partial charge in [0.2, 0.25) is 11.9 Å². The fourth-order valence-corrected chi connectivity index (χ4v) is 2.06. The molecule has 2 rings (SSSR count). The van der Waals surface area contributed by atoms with E-state index in [0.717, 1.165) is 31.2 Å². The van der Waals surface area contributed by atoms with Crippen molar-refractivity contribution in [3.05, 3.63) is 18.0 Å². The van der Waals surface area contributed by atoms with Gasteiger partial charge in [-0.1, -0.05) is 6.92 Å². The topological polar surface area (TPSA) is 58.1 Å². The summed E-state index contributed by atoms with van der Waals surface area (Å²) < 4.78 is 0. The number of carbonyl (C=O) groups excluding carboxylic acids is 1. The number of anilines is 1.